The minimum Gasteiger partial charge on any atom is -0.362 e. The SMILES string of the molecule is C[C@H](Nc1cncc(Cl)n1)c1cccc(NC(=O)c2cncc(Br)c2)c1. The normalized spacial score (nSPS) is 11.7. The second-order valence-electron chi connectivity index (χ2n) is 5.56. The largest absolute Gasteiger partial charge is 0.362 e. The Hall–Kier alpha value is -2.51. The molecule has 1 aromatic carbocycles. The van der Waals surface area contributed by atoms with Crippen LogP contribution in [0.4, 0.5) is 11.5 Å². The molecule has 1 amide bonds. The molecule has 0 aliphatic heterocycles. The number of rotatable bonds is 5. The molecule has 1 atom stereocenters. The Morgan fingerprint density at radius 1 is 1.15 bits per heavy atom. The molecule has 6 nitrogen and oxygen atoms in total. The van der Waals surface area contributed by atoms with E-state index in [0.717, 1.165) is 10.0 Å². The van der Waals surface area contributed by atoms with Crippen LogP contribution in [-0.2, 0) is 0 Å². The molecular formula is C18H15BrClN5O. The Balaban J connectivity index is 1.72. The lowest BCUT2D eigenvalue weighted by molar-refractivity contribution is 0.102. The highest BCUT2D eigenvalue weighted by Gasteiger charge is 2.10. The number of carbonyl (C=O) groups excluding carboxylic acids is 1. The van der Waals surface area contributed by atoms with Crippen LogP contribution in [0.25, 0.3) is 0 Å². The first-order valence-electron chi connectivity index (χ1n) is 7.77. The fraction of sp³-hybridized carbons (Fsp3) is 0.111. The molecule has 3 aromatic rings. The summed E-state index contributed by atoms with van der Waals surface area (Å²) in [5, 5.41) is 6.43. The number of amides is 1. The number of anilines is 2. The van der Waals surface area contributed by atoms with Gasteiger partial charge in [0.15, 0.2) is 0 Å². The molecule has 0 radical (unpaired) electrons. The van der Waals surface area contributed by atoms with E-state index in [2.05, 4.69) is 41.5 Å². The third kappa shape index (κ3) is 4.77. The maximum Gasteiger partial charge on any atom is 0.257 e. The Kier molecular flexibility index (Phi) is 5.80. The van der Waals surface area contributed by atoms with E-state index in [-0.39, 0.29) is 11.9 Å². The van der Waals surface area contributed by atoms with Crippen molar-refractivity contribution in [1.29, 1.82) is 0 Å². The van der Waals surface area contributed by atoms with E-state index in [1.807, 2.05) is 31.2 Å². The highest BCUT2D eigenvalue weighted by molar-refractivity contribution is 9.10. The minimum atomic E-state index is -0.225. The fourth-order valence-corrected chi connectivity index (χ4v) is 2.85. The van der Waals surface area contributed by atoms with Gasteiger partial charge in [-0.2, -0.15) is 0 Å². The maximum atomic E-state index is 12.4. The summed E-state index contributed by atoms with van der Waals surface area (Å²) in [5.41, 5.74) is 2.15. The molecule has 0 spiro atoms. The summed E-state index contributed by atoms with van der Waals surface area (Å²) in [6.07, 6.45) is 6.23. The summed E-state index contributed by atoms with van der Waals surface area (Å²) in [4.78, 5) is 24.5. The monoisotopic (exact) mass is 431 g/mol. The first kappa shape index (κ1) is 18.3. The number of hydrogen-bond acceptors (Lipinski definition) is 5. The first-order valence-corrected chi connectivity index (χ1v) is 8.94. The Morgan fingerprint density at radius 3 is 2.73 bits per heavy atom. The van der Waals surface area contributed by atoms with Gasteiger partial charge in [0.2, 0.25) is 0 Å². The summed E-state index contributed by atoms with van der Waals surface area (Å²) in [7, 11) is 0. The third-order valence-corrected chi connectivity index (χ3v) is 4.20. The number of carbonyl (C=O) groups is 1. The van der Waals surface area contributed by atoms with E-state index in [1.165, 1.54) is 12.4 Å². The van der Waals surface area contributed by atoms with Crippen molar-refractivity contribution in [2.45, 2.75) is 13.0 Å². The van der Waals surface area contributed by atoms with Crippen molar-refractivity contribution in [2.24, 2.45) is 0 Å². The molecule has 132 valence electrons. The quantitative estimate of drug-likeness (QED) is 0.610. The predicted octanol–water partition coefficient (Wildman–Crippen LogP) is 4.71. The van der Waals surface area contributed by atoms with Crippen LogP contribution in [0.15, 0.2) is 59.6 Å². The zero-order valence-electron chi connectivity index (χ0n) is 13.8. The number of nitrogens with one attached hydrogen (secondary N) is 2. The number of halogens is 2. The molecule has 0 unspecified atom stereocenters. The maximum absolute atomic E-state index is 12.4. The third-order valence-electron chi connectivity index (χ3n) is 3.58. The Labute approximate surface area is 164 Å². The van der Waals surface area contributed by atoms with Gasteiger partial charge in [-0.1, -0.05) is 23.7 Å². The molecule has 2 N–H and O–H groups in total. The van der Waals surface area contributed by atoms with Gasteiger partial charge in [-0.3, -0.25) is 14.8 Å². The van der Waals surface area contributed by atoms with E-state index in [1.54, 1.807) is 18.5 Å². The topological polar surface area (TPSA) is 79.8 Å². The smallest absolute Gasteiger partial charge is 0.257 e. The lowest BCUT2D eigenvalue weighted by Gasteiger charge is -2.16. The van der Waals surface area contributed by atoms with Crippen molar-refractivity contribution in [3.05, 3.63) is 75.9 Å². The van der Waals surface area contributed by atoms with E-state index < -0.39 is 0 Å². The molecular weight excluding hydrogens is 418 g/mol. The number of aromatic nitrogens is 3. The Bertz CT molecular complexity index is 937. The zero-order chi connectivity index (χ0) is 18.5. The number of pyridine rings is 1. The molecule has 0 fully saturated rings. The van der Waals surface area contributed by atoms with Crippen molar-refractivity contribution in [1.82, 2.24) is 15.0 Å². The van der Waals surface area contributed by atoms with Crippen molar-refractivity contribution < 1.29 is 4.79 Å². The van der Waals surface area contributed by atoms with E-state index in [4.69, 9.17) is 11.6 Å². The number of benzene rings is 1. The van der Waals surface area contributed by atoms with Crippen molar-refractivity contribution >= 4 is 44.9 Å². The predicted molar refractivity (Wildman–Crippen MR) is 105 cm³/mol. The molecule has 2 heterocycles. The van der Waals surface area contributed by atoms with Gasteiger partial charge in [0, 0.05) is 22.6 Å². The molecule has 0 aliphatic carbocycles. The van der Waals surface area contributed by atoms with Crippen LogP contribution >= 0.6 is 27.5 Å². The van der Waals surface area contributed by atoms with Crippen molar-refractivity contribution in [3.8, 4) is 0 Å². The fourth-order valence-electron chi connectivity index (χ4n) is 2.34. The molecule has 0 saturated heterocycles. The second kappa shape index (κ2) is 8.25. The standard InChI is InChI=1S/C18H15BrClN5O/c1-11(23-17-10-22-9-16(20)25-17)12-3-2-4-15(6-12)24-18(26)13-5-14(19)8-21-7-13/h2-11H,1H3,(H,23,25)(H,24,26)/t11-/m0/s1. The molecule has 0 bridgehead atoms. The van der Waals surface area contributed by atoms with E-state index >= 15 is 0 Å². The van der Waals surface area contributed by atoms with Crippen LogP contribution in [0.5, 0.6) is 0 Å². The highest BCUT2D eigenvalue weighted by atomic mass is 79.9. The lowest BCUT2D eigenvalue weighted by Crippen LogP contribution is -2.13. The Morgan fingerprint density at radius 2 is 1.96 bits per heavy atom. The van der Waals surface area contributed by atoms with Gasteiger partial charge in [0.05, 0.1) is 24.0 Å². The van der Waals surface area contributed by atoms with E-state index in [0.29, 0.717) is 22.2 Å². The van der Waals surface area contributed by atoms with Crippen LogP contribution in [-0.4, -0.2) is 20.9 Å². The van der Waals surface area contributed by atoms with Crippen LogP contribution < -0.4 is 10.6 Å². The van der Waals surface area contributed by atoms with Gasteiger partial charge >= 0.3 is 0 Å². The van der Waals surface area contributed by atoms with E-state index in [9.17, 15) is 4.79 Å². The molecule has 0 aliphatic rings. The second-order valence-corrected chi connectivity index (χ2v) is 6.87. The van der Waals surface area contributed by atoms with Crippen molar-refractivity contribution in [3.63, 3.8) is 0 Å². The summed E-state index contributed by atoms with van der Waals surface area (Å²) in [6.45, 7) is 1.99. The molecule has 2 aromatic heterocycles. The molecule has 8 heteroatoms. The minimum absolute atomic E-state index is 0.0489. The average molecular weight is 433 g/mol. The summed E-state index contributed by atoms with van der Waals surface area (Å²) < 4.78 is 0.749. The summed E-state index contributed by atoms with van der Waals surface area (Å²) in [6, 6.07) is 9.25. The zero-order valence-corrected chi connectivity index (χ0v) is 16.1. The van der Waals surface area contributed by atoms with Crippen LogP contribution in [0.1, 0.15) is 28.9 Å². The van der Waals surface area contributed by atoms with Crippen LogP contribution in [0.2, 0.25) is 5.15 Å². The van der Waals surface area contributed by atoms with Gasteiger partial charge in [-0.25, -0.2) is 4.98 Å². The van der Waals surface area contributed by atoms with Crippen LogP contribution in [0.3, 0.4) is 0 Å². The number of hydrogen-bond donors (Lipinski definition) is 2. The van der Waals surface area contributed by atoms with Crippen LogP contribution in [0, 0.1) is 0 Å². The lowest BCUT2D eigenvalue weighted by atomic mass is 10.1. The molecule has 26 heavy (non-hydrogen) atoms. The molecule has 0 saturated carbocycles. The summed E-state index contributed by atoms with van der Waals surface area (Å²) in [5.74, 6) is 0.358. The van der Waals surface area contributed by atoms with Gasteiger partial charge in [0.25, 0.3) is 5.91 Å². The van der Waals surface area contributed by atoms with Gasteiger partial charge < -0.3 is 10.6 Å². The molecule has 3 rings (SSSR count). The van der Waals surface area contributed by atoms with Gasteiger partial charge in [0.1, 0.15) is 11.0 Å². The average Bonchev–Trinajstić information content (AvgIpc) is 2.62. The van der Waals surface area contributed by atoms with Gasteiger partial charge in [-0.05, 0) is 46.6 Å². The summed E-state index contributed by atoms with van der Waals surface area (Å²) >= 11 is 9.17. The highest BCUT2D eigenvalue weighted by Crippen LogP contribution is 2.22. The first-order chi connectivity index (χ1) is 12.5. The number of nitrogens with zero attached hydrogens (tertiary/aromatic N) is 3. The van der Waals surface area contributed by atoms with Crippen molar-refractivity contribution in [2.75, 3.05) is 10.6 Å². The van der Waals surface area contributed by atoms with Gasteiger partial charge in [-0.15, -0.1) is 0 Å².